The molecule has 0 saturated carbocycles. The van der Waals surface area contributed by atoms with E-state index in [2.05, 4.69) is 5.32 Å². The maximum Gasteiger partial charge on any atom is 0.231 e. The number of ether oxygens (including phenoxy) is 2. The lowest BCUT2D eigenvalue weighted by Crippen LogP contribution is -3.00. The van der Waals surface area contributed by atoms with Crippen LogP contribution in [0.4, 0.5) is 0 Å². The van der Waals surface area contributed by atoms with Gasteiger partial charge < -0.3 is 31.6 Å². The molecule has 130 valence electrons. The zero-order valence-electron chi connectivity index (χ0n) is 13.3. The molecule has 0 fully saturated rings. The second-order valence-electron chi connectivity index (χ2n) is 5.57. The Kier molecular flexibility index (Phi) is 5.53. The fourth-order valence-corrected chi connectivity index (χ4v) is 2.84. The third-order valence-corrected chi connectivity index (χ3v) is 4.07. The van der Waals surface area contributed by atoms with Gasteiger partial charge in [0.25, 0.3) is 0 Å². The van der Waals surface area contributed by atoms with Crippen molar-refractivity contribution in [3.63, 3.8) is 0 Å². The lowest BCUT2D eigenvalue weighted by molar-refractivity contribution is -0.00000681. The molecular weight excluding hydrogens is 361 g/mol. The molecule has 25 heavy (non-hydrogen) atoms. The Balaban J connectivity index is 0.00000182. The van der Waals surface area contributed by atoms with Crippen LogP contribution in [0.5, 0.6) is 11.5 Å². The van der Waals surface area contributed by atoms with Crippen LogP contribution in [0.25, 0.3) is 11.3 Å². The van der Waals surface area contributed by atoms with Crippen LogP contribution < -0.4 is 27.2 Å². The molecule has 0 aliphatic carbocycles. The highest BCUT2D eigenvalue weighted by Crippen LogP contribution is 2.32. The molecule has 0 bridgehead atoms. The van der Waals surface area contributed by atoms with Crippen molar-refractivity contribution < 1.29 is 26.3 Å². The summed E-state index contributed by atoms with van der Waals surface area (Å²) in [5, 5.41) is 4.07. The van der Waals surface area contributed by atoms with Crippen LogP contribution in [-0.2, 0) is 13.1 Å². The van der Waals surface area contributed by atoms with E-state index >= 15 is 0 Å². The predicted molar refractivity (Wildman–Crippen MR) is 92.3 cm³/mol. The third kappa shape index (κ3) is 4.10. The molecule has 0 unspecified atom stereocenters. The molecule has 1 aliphatic rings. The summed E-state index contributed by atoms with van der Waals surface area (Å²) < 4.78 is 16.6. The lowest BCUT2D eigenvalue weighted by atomic mass is 10.2. The standard InChI is InChI=1S/C19H16ClNO3.ClH/c20-15-3-1-2-14(9-15)17-7-5-16(24-17)11-21-10-13-4-6-18-19(8-13)23-12-22-18;/h1-9,21H,10-12H2;1H/p-1. The topological polar surface area (TPSA) is 43.6 Å². The lowest BCUT2D eigenvalue weighted by Gasteiger charge is -2.04. The quantitative estimate of drug-likeness (QED) is 0.734. The molecule has 0 amide bonds. The van der Waals surface area contributed by atoms with Gasteiger partial charge in [0.15, 0.2) is 11.5 Å². The SMILES string of the molecule is Clc1cccc(-c2ccc(CNCc3ccc4c(c3)OCO4)o2)c1.[Cl-]. The average molecular weight is 377 g/mol. The Labute approximate surface area is 157 Å². The number of hydrogen-bond acceptors (Lipinski definition) is 4. The highest BCUT2D eigenvalue weighted by atomic mass is 35.5. The molecule has 4 nitrogen and oxygen atoms in total. The predicted octanol–water partition coefficient (Wildman–Crippen LogP) is 1.62. The average Bonchev–Trinajstić information content (AvgIpc) is 3.23. The molecule has 0 spiro atoms. The summed E-state index contributed by atoms with van der Waals surface area (Å²) in [5.41, 5.74) is 2.12. The summed E-state index contributed by atoms with van der Waals surface area (Å²) in [5.74, 6) is 3.30. The number of hydrogen-bond donors (Lipinski definition) is 1. The first-order valence-electron chi connectivity index (χ1n) is 7.72. The number of furan rings is 1. The molecule has 4 rings (SSSR count). The zero-order valence-corrected chi connectivity index (χ0v) is 14.8. The van der Waals surface area contributed by atoms with Crippen molar-refractivity contribution in [1.82, 2.24) is 5.32 Å². The summed E-state index contributed by atoms with van der Waals surface area (Å²) in [6.45, 7) is 1.67. The van der Waals surface area contributed by atoms with Gasteiger partial charge in [0.05, 0.1) is 6.54 Å². The van der Waals surface area contributed by atoms with E-state index in [1.807, 2.05) is 54.6 Å². The number of nitrogens with one attached hydrogen (secondary N) is 1. The van der Waals surface area contributed by atoms with Gasteiger partial charge in [0.1, 0.15) is 11.5 Å². The maximum absolute atomic E-state index is 6.02. The molecular formula is C19H16Cl2NO3-. The van der Waals surface area contributed by atoms with Gasteiger partial charge in [-0.1, -0.05) is 29.8 Å². The van der Waals surface area contributed by atoms with Gasteiger partial charge >= 0.3 is 0 Å². The second-order valence-corrected chi connectivity index (χ2v) is 6.00. The number of fused-ring (bicyclic) bond motifs is 1. The minimum Gasteiger partial charge on any atom is -1.00 e. The zero-order chi connectivity index (χ0) is 16.4. The van der Waals surface area contributed by atoms with E-state index in [0.29, 0.717) is 18.4 Å². The minimum atomic E-state index is 0. The van der Waals surface area contributed by atoms with Crippen molar-refractivity contribution in [2.24, 2.45) is 0 Å². The van der Waals surface area contributed by atoms with Gasteiger partial charge in [-0.05, 0) is 42.0 Å². The molecule has 0 saturated heterocycles. The van der Waals surface area contributed by atoms with Crippen LogP contribution in [0.3, 0.4) is 0 Å². The van der Waals surface area contributed by atoms with Crippen molar-refractivity contribution >= 4 is 11.6 Å². The summed E-state index contributed by atoms with van der Waals surface area (Å²) in [4.78, 5) is 0. The number of halogens is 2. The summed E-state index contributed by atoms with van der Waals surface area (Å²) in [7, 11) is 0. The van der Waals surface area contributed by atoms with Gasteiger partial charge in [-0.3, -0.25) is 0 Å². The Bertz CT molecular complexity index is 863. The first-order valence-corrected chi connectivity index (χ1v) is 8.10. The number of benzene rings is 2. The minimum absolute atomic E-state index is 0. The van der Waals surface area contributed by atoms with Crippen molar-refractivity contribution in [2.75, 3.05) is 6.79 Å². The van der Waals surface area contributed by atoms with Crippen LogP contribution in [0.1, 0.15) is 11.3 Å². The molecule has 3 aromatic rings. The highest BCUT2D eigenvalue weighted by Gasteiger charge is 2.13. The van der Waals surface area contributed by atoms with Crippen LogP contribution in [0.15, 0.2) is 59.0 Å². The Morgan fingerprint density at radius 3 is 2.68 bits per heavy atom. The molecule has 0 atom stereocenters. The van der Waals surface area contributed by atoms with Crippen LogP contribution in [0.2, 0.25) is 5.02 Å². The molecule has 1 aromatic heterocycles. The fourth-order valence-electron chi connectivity index (χ4n) is 2.65. The molecule has 6 heteroatoms. The summed E-state index contributed by atoms with van der Waals surface area (Å²) in [6.07, 6.45) is 0. The number of rotatable bonds is 5. The van der Waals surface area contributed by atoms with E-state index in [4.69, 9.17) is 25.5 Å². The molecule has 2 aromatic carbocycles. The van der Waals surface area contributed by atoms with Crippen LogP contribution in [-0.4, -0.2) is 6.79 Å². The van der Waals surface area contributed by atoms with Gasteiger partial charge in [0.2, 0.25) is 6.79 Å². The normalized spacial score (nSPS) is 12.0. The molecule has 1 N–H and O–H groups in total. The van der Waals surface area contributed by atoms with E-state index in [0.717, 1.165) is 40.7 Å². The first-order chi connectivity index (χ1) is 11.8. The molecule has 1 aliphatic heterocycles. The third-order valence-electron chi connectivity index (χ3n) is 3.84. The monoisotopic (exact) mass is 376 g/mol. The smallest absolute Gasteiger partial charge is 0.231 e. The fraction of sp³-hybridized carbons (Fsp3) is 0.158. The molecule has 2 heterocycles. The maximum atomic E-state index is 6.02. The van der Waals surface area contributed by atoms with Gasteiger partial charge in [-0.2, -0.15) is 0 Å². The largest absolute Gasteiger partial charge is 1.00 e. The second kappa shape index (κ2) is 7.83. The van der Waals surface area contributed by atoms with E-state index in [1.54, 1.807) is 0 Å². The van der Waals surface area contributed by atoms with Crippen molar-refractivity contribution in [3.8, 4) is 22.8 Å². The van der Waals surface area contributed by atoms with Crippen molar-refractivity contribution in [1.29, 1.82) is 0 Å². The van der Waals surface area contributed by atoms with Crippen molar-refractivity contribution in [2.45, 2.75) is 13.1 Å². The Morgan fingerprint density at radius 1 is 0.920 bits per heavy atom. The summed E-state index contributed by atoms with van der Waals surface area (Å²) in [6, 6.07) is 17.5. The van der Waals surface area contributed by atoms with E-state index in [1.165, 1.54) is 0 Å². The van der Waals surface area contributed by atoms with Gasteiger partial charge in [-0.25, -0.2) is 0 Å². The van der Waals surface area contributed by atoms with Crippen LogP contribution in [0, 0.1) is 0 Å². The Morgan fingerprint density at radius 2 is 1.80 bits per heavy atom. The van der Waals surface area contributed by atoms with Gasteiger partial charge in [0, 0.05) is 17.1 Å². The van der Waals surface area contributed by atoms with Crippen LogP contribution >= 0.6 is 11.6 Å². The van der Waals surface area contributed by atoms with E-state index in [9.17, 15) is 0 Å². The first kappa shape index (κ1) is 17.7. The summed E-state index contributed by atoms with van der Waals surface area (Å²) >= 11 is 6.02. The van der Waals surface area contributed by atoms with Crippen molar-refractivity contribution in [3.05, 3.63) is 70.9 Å². The highest BCUT2D eigenvalue weighted by molar-refractivity contribution is 6.30. The molecule has 0 radical (unpaired) electrons. The van der Waals surface area contributed by atoms with E-state index in [-0.39, 0.29) is 12.4 Å². The van der Waals surface area contributed by atoms with E-state index < -0.39 is 0 Å². The van der Waals surface area contributed by atoms with Gasteiger partial charge in [-0.15, -0.1) is 0 Å². The Hall–Kier alpha value is -2.14.